The lowest BCUT2D eigenvalue weighted by Crippen LogP contribution is -2.57. The van der Waals surface area contributed by atoms with Gasteiger partial charge >= 0.3 is 5.97 Å². The van der Waals surface area contributed by atoms with Crippen LogP contribution in [0.25, 0.3) is 0 Å². The highest BCUT2D eigenvalue weighted by Crippen LogP contribution is 2.27. The fraction of sp³-hybridized carbons (Fsp3) is 0.591. The monoisotopic (exact) mass is 482 g/mol. The van der Waals surface area contributed by atoms with E-state index in [1.54, 1.807) is 18.2 Å². The van der Waals surface area contributed by atoms with Crippen LogP contribution in [0.4, 0.5) is 0 Å². The van der Waals surface area contributed by atoms with E-state index in [4.69, 9.17) is 9.47 Å². The van der Waals surface area contributed by atoms with Crippen LogP contribution in [0.5, 0.6) is 5.75 Å². The number of nitrogens with one attached hydrogen (secondary N) is 1. The van der Waals surface area contributed by atoms with Crippen molar-refractivity contribution in [3.05, 3.63) is 28.2 Å². The summed E-state index contributed by atoms with van der Waals surface area (Å²) in [5, 5.41) is 2.73. The Labute approximate surface area is 186 Å². The van der Waals surface area contributed by atoms with E-state index in [9.17, 15) is 14.4 Å². The zero-order valence-corrected chi connectivity index (χ0v) is 19.3. The Balaban J connectivity index is 2.05. The lowest BCUT2D eigenvalue weighted by Gasteiger charge is -2.34. The number of hydrogen-bond donors (Lipinski definition) is 1. The fourth-order valence-electron chi connectivity index (χ4n) is 3.16. The minimum atomic E-state index is -0.871. The van der Waals surface area contributed by atoms with Crippen LogP contribution < -0.4 is 10.1 Å². The number of carbonyl (C=O) groups is 3. The maximum atomic E-state index is 13.1. The van der Waals surface area contributed by atoms with Crippen molar-refractivity contribution >= 4 is 33.7 Å². The first-order valence-electron chi connectivity index (χ1n) is 10.6. The van der Waals surface area contributed by atoms with Crippen molar-refractivity contribution in [2.24, 2.45) is 0 Å². The number of benzene rings is 1. The highest BCUT2D eigenvalue weighted by Gasteiger charge is 2.35. The highest BCUT2D eigenvalue weighted by molar-refractivity contribution is 9.10. The van der Waals surface area contributed by atoms with Crippen LogP contribution in [0.2, 0.25) is 0 Å². The third-order valence-electron chi connectivity index (χ3n) is 4.90. The number of halogens is 1. The van der Waals surface area contributed by atoms with E-state index in [1.165, 1.54) is 4.90 Å². The van der Waals surface area contributed by atoms with Crippen molar-refractivity contribution in [3.8, 4) is 5.75 Å². The topological polar surface area (TPSA) is 84.9 Å². The number of piperazine rings is 1. The van der Waals surface area contributed by atoms with Gasteiger partial charge in [-0.05, 0) is 47.0 Å². The summed E-state index contributed by atoms with van der Waals surface area (Å²) in [5.41, 5.74) is 0.431. The number of unbranched alkanes of at least 4 members (excludes halogenated alkanes) is 3. The van der Waals surface area contributed by atoms with E-state index >= 15 is 0 Å². The summed E-state index contributed by atoms with van der Waals surface area (Å²) in [6.45, 7) is 5.79. The molecule has 0 saturated carbocycles. The number of hydrogen-bond acceptors (Lipinski definition) is 5. The zero-order chi connectivity index (χ0) is 21.9. The van der Waals surface area contributed by atoms with Gasteiger partial charge in [0.1, 0.15) is 11.8 Å². The average Bonchev–Trinajstić information content (AvgIpc) is 2.73. The molecule has 1 aromatic rings. The number of rotatable bonds is 11. The minimum Gasteiger partial charge on any atom is -0.492 e. The molecule has 1 heterocycles. The number of carbonyl (C=O) groups excluding carboxylic acids is 3. The summed E-state index contributed by atoms with van der Waals surface area (Å²) in [4.78, 5) is 39.1. The van der Waals surface area contributed by atoms with Crippen molar-refractivity contribution in [3.63, 3.8) is 0 Å². The third-order valence-corrected chi connectivity index (χ3v) is 5.52. The first-order valence-corrected chi connectivity index (χ1v) is 11.4. The SMILES string of the molecule is CCCCCOC(=O)CC1C(=O)NCCN1C(=O)c1ccc(OCCCC)c(Br)c1. The molecule has 1 aliphatic heterocycles. The zero-order valence-electron chi connectivity index (χ0n) is 17.7. The second-order valence-corrected chi connectivity index (χ2v) is 8.14. The van der Waals surface area contributed by atoms with Gasteiger partial charge in [0.2, 0.25) is 5.91 Å². The van der Waals surface area contributed by atoms with Crippen LogP contribution in [0.3, 0.4) is 0 Å². The molecule has 0 bridgehead atoms. The molecule has 0 aromatic heterocycles. The van der Waals surface area contributed by atoms with Crippen molar-refractivity contribution in [2.45, 2.75) is 58.4 Å². The van der Waals surface area contributed by atoms with E-state index in [-0.39, 0.29) is 18.2 Å². The molecular formula is C22H31BrN2O5. The molecule has 1 fully saturated rings. The van der Waals surface area contributed by atoms with Gasteiger partial charge in [-0.25, -0.2) is 0 Å². The van der Waals surface area contributed by atoms with Gasteiger partial charge in [0, 0.05) is 18.7 Å². The molecule has 1 atom stereocenters. The molecule has 1 aromatic carbocycles. The lowest BCUT2D eigenvalue weighted by molar-refractivity contribution is -0.147. The number of esters is 1. The molecule has 1 N–H and O–H groups in total. The molecule has 0 aliphatic carbocycles. The van der Waals surface area contributed by atoms with E-state index in [1.807, 2.05) is 0 Å². The standard InChI is InChI=1S/C22H31BrN2O5/c1-3-5-7-13-30-20(26)15-18-21(27)24-10-11-25(18)22(28)16-8-9-19(17(23)14-16)29-12-6-4-2/h8-9,14,18H,3-7,10-13,15H2,1-2H3,(H,24,27). The molecule has 0 spiro atoms. The first-order chi connectivity index (χ1) is 14.5. The van der Waals surface area contributed by atoms with Crippen molar-refractivity contribution in [1.82, 2.24) is 10.2 Å². The fourth-order valence-corrected chi connectivity index (χ4v) is 3.65. The van der Waals surface area contributed by atoms with Gasteiger partial charge in [-0.3, -0.25) is 14.4 Å². The summed E-state index contributed by atoms with van der Waals surface area (Å²) in [6, 6.07) is 4.25. The number of nitrogens with zero attached hydrogens (tertiary/aromatic N) is 1. The minimum absolute atomic E-state index is 0.150. The van der Waals surface area contributed by atoms with Crippen LogP contribution in [-0.4, -0.2) is 55.0 Å². The van der Waals surface area contributed by atoms with E-state index < -0.39 is 12.0 Å². The normalized spacial score (nSPS) is 16.2. The molecule has 2 rings (SSSR count). The Morgan fingerprint density at radius 2 is 1.93 bits per heavy atom. The van der Waals surface area contributed by atoms with Gasteiger partial charge in [0.05, 0.1) is 24.1 Å². The van der Waals surface area contributed by atoms with Crippen molar-refractivity contribution < 1.29 is 23.9 Å². The highest BCUT2D eigenvalue weighted by atomic mass is 79.9. The van der Waals surface area contributed by atoms with Gasteiger partial charge in [-0.15, -0.1) is 0 Å². The van der Waals surface area contributed by atoms with E-state index in [2.05, 4.69) is 35.1 Å². The van der Waals surface area contributed by atoms with Gasteiger partial charge in [0.15, 0.2) is 0 Å². The smallest absolute Gasteiger partial charge is 0.308 e. The summed E-state index contributed by atoms with van der Waals surface area (Å²) in [6.07, 6.45) is 4.64. The Kier molecular flexibility index (Phi) is 10.1. The summed E-state index contributed by atoms with van der Waals surface area (Å²) >= 11 is 3.45. The molecule has 8 heteroatoms. The van der Waals surface area contributed by atoms with E-state index in [0.717, 1.165) is 32.1 Å². The van der Waals surface area contributed by atoms with Crippen molar-refractivity contribution in [2.75, 3.05) is 26.3 Å². The molecule has 166 valence electrons. The second-order valence-electron chi connectivity index (χ2n) is 7.28. The lowest BCUT2D eigenvalue weighted by atomic mass is 10.1. The number of ether oxygens (including phenoxy) is 2. The van der Waals surface area contributed by atoms with Gasteiger partial charge in [-0.2, -0.15) is 0 Å². The molecular weight excluding hydrogens is 452 g/mol. The number of amides is 2. The van der Waals surface area contributed by atoms with Gasteiger partial charge < -0.3 is 19.7 Å². The van der Waals surface area contributed by atoms with Crippen LogP contribution in [0.1, 0.15) is 62.7 Å². The first kappa shape index (κ1) is 24.2. The molecule has 1 unspecified atom stereocenters. The maximum Gasteiger partial charge on any atom is 0.308 e. The average molecular weight is 483 g/mol. The predicted octanol–water partition coefficient (Wildman–Crippen LogP) is 3.69. The van der Waals surface area contributed by atoms with Crippen LogP contribution in [0.15, 0.2) is 22.7 Å². The summed E-state index contributed by atoms with van der Waals surface area (Å²) < 4.78 is 11.6. The third kappa shape index (κ3) is 7.00. The Morgan fingerprint density at radius 1 is 1.17 bits per heavy atom. The molecule has 2 amide bonds. The van der Waals surface area contributed by atoms with Crippen molar-refractivity contribution in [1.29, 1.82) is 0 Å². The summed E-state index contributed by atoms with van der Waals surface area (Å²) in [7, 11) is 0. The summed E-state index contributed by atoms with van der Waals surface area (Å²) in [5.74, 6) is -0.427. The Hall–Kier alpha value is -2.09. The van der Waals surface area contributed by atoms with Crippen LogP contribution >= 0.6 is 15.9 Å². The predicted molar refractivity (Wildman–Crippen MR) is 117 cm³/mol. The van der Waals surface area contributed by atoms with E-state index in [0.29, 0.717) is 42.1 Å². The second kappa shape index (κ2) is 12.6. The molecule has 1 saturated heterocycles. The largest absolute Gasteiger partial charge is 0.492 e. The Morgan fingerprint density at radius 3 is 2.63 bits per heavy atom. The Bertz CT molecular complexity index is 740. The van der Waals surface area contributed by atoms with Crippen LogP contribution in [-0.2, 0) is 14.3 Å². The quantitative estimate of drug-likeness (QED) is 0.383. The molecule has 1 aliphatic rings. The molecule has 7 nitrogen and oxygen atoms in total. The van der Waals surface area contributed by atoms with Crippen LogP contribution in [0, 0.1) is 0 Å². The van der Waals surface area contributed by atoms with Gasteiger partial charge in [0.25, 0.3) is 5.91 Å². The maximum absolute atomic E-state index is 13.1. The van der Waals surface area contributed by atoms with Gasteiger partial charge in [-0.1, -0.05) is 33.1 Å². The molecule has 0 radical (unpaired) electrons. The molecule has 30 heavy (non-hydrogen) atoms.